The van der Waals surface area contributed by atoms with Crippen LogP contribution in [0, 0.1) is 0 Å². The number of aliphatic hydroxyl groups is 1. The monoisotopic (exact) mass is 185 g/mol. The lowest BCUT2D eigenvalue weighted by atomic mass is 10.0. The molecule has 1 rings (SSSR count). The Balaban J connectivity index is 2.33. The first kappa shape index (κ1) is 10.7. The van der Waals surface area contributed by atoms with Crippen LogP contribution in [0.2, 0.25) is 0 Å². The van der Waals surface area contributed by atoms with Crippen molar-refractivity contribution in [2.24, 2.45) is 0 Å². The highest BCUT2D eigenvalue weighted by atomic mass is 16.3. The van der Waals surface area contributed by atoms with Crippen molar-refractivity contribution < 1.29 is 9.90 Å². The van der Waals surface area contributed by atoms with E-state index in [1.165, 1.54) is 0 Å². The summed E-state index contributed by atoms with van der Waals surface area (Å²) in [5, 5.41) is 9.44. The fourth-order valence-electron chi connectivity index (χ4n) is 1.77. The van der Waals surface area contributed by atoms with Crippen molar-refractivity contribution >= 4 is 5.78 Å². The molecule has 2 atom stereocenters. The first-order valence-corrected chi connectivity index (χ1v) is 5.01. The fraction of sp³-hybridized carbons (Fsp3) is 0.900. The molecule has 1 aliphatic rings. The minimum atomic E-state index is -0.192. The normalized spacial score (nSPS) is 30.4. The van der Waals surface area contributed by atoms with Crippen LogP contribution in [0.5, 0.6) is 0 Å². The van der Waals surface area contributed by atoms with Crippen LogP contribution in [0.25, 0.3) is 0 Å². The standard InChI is InChI=1S/C10H19NO2/c1-8-3-4-10(13)7-11(8)6-5-9(2)12/h8,10,13H,3-7H2,1-2H3/t8-,10-/m0/s1. The van der Waals surface area contributed by atoms with Gasteiger partial charge < -0.3 is 5.11 Å². The number of nitrogens with zero attached hydrogens (tertiary/aromatic N) is 1. The number of aliphatic hydroxyl groups excluding tert-OH is 1. The van der Waals surface area contributed by atoms with Gasteiger partial charge in [0.25, 0.3) is 0 Å². The van der Waals surface area contributed by atoms with Gasteiger partial charge in [-0.05, 0) is 26.7 Å². The second kappa shape index (κ2) is 4.72. The summed E-state index contributed by atoms with van der Waals surface area (Å²) < 4.78 is 0. The molecular weight excluding hydrogens is 166 g/mol. The number of β-amino-alcohol motifs (C(OH)–C–C–N with tert-alkyl or cyclic N) is 1. The lowest BCUT2D eigenvalue weighted by Crippen LogP contribution is -2.44. The number of piperidine rings is 1. The maximum Gasteiger partial charge on any atom is 0.131 e. The van der Waals surface area contributed by atoms with Gasteiger partial charge in [-0.2, -0.15) is 0 Å². The molecule has 0 aromatic carbocycles. The highest BCUT2D eigenvalue weighted by Gasteiger charge is 2.23. The Morgan fingerprint density at radius 2 is 2.23 bits per heavy atom. The third kappa shape index (κ3) is 3.44. The van der Waals surface area contributed by atoms with E-state index < -0.39 is 0 Å². The number of hydrogen-bond donors (Lipinski definition) is 1. The summed E-state index contributed by atoms with van der Waals surface area (Å²) in [5.41, 5.74) is 0. The van der Waals surface area contributed by atoms with Crippen molar-refractivity contribution in [3.63, 3.8) is 0 Å². The predicted molar refractivity (Wildman–Crippen MR) is 51.6 cm³/mol. The lowest BCUT2D eigenvalue weighted by molar-refractivity contribution is -0.117. The van der Waals surface area contributed by atoms with Crippen LogP contribution in [0.3, 0.4) is 0 Å². The molecule has 1 heterocycles. The van der Waals surface area contributed by atoms with Gasteiger partial charge in [-0.25, -0.2) is 0 Å². The molecule has 0 aromatic heterocycles. The van der Waals surface area contributed by atoms with Crippen molar-refractivity contribution in [3.05, 3.63) is 0 Å². The number of Topliss-reactive ketones (excluding diaryl/α,β-unsaturated/α-hetero) is 1. The zero-order chi connectivity index (χ0) is 9.84. The molecule has 0 aliphatic carbocycles. The molecule has 0 bridgehead atoms. The summed E-state index contributed by atoms with van der Waals surface area (Å²) in [6.45, 7) is 5.30. The quantitative estimate of drug-likeness (QED) is 0.707. The molecule has 3 heteroatoms. The van der Waals surface area contributed by atoms with Crippen LogP contribution in [-0.2, 0) is 4.79 Å². The minimum absolute atomic E-state index is 0.192. The van der Waals surface area contributed by atoms with E-state index in [2.05, 4.69) is 11.8 Å². The van der Waals surface area contributed by atoms with Gasteiger partial charge in [-0.15, -0.1) is 0 Å². The molecule has 1 aliphatic heterocycles. The minimum Gasteiger partial charge on any atom is -0.392 e. The van der Waals surface area contributed by atoms with Crippen molar-refractivity contribution in [3.8, 4) is 0 Å². The maximum absolute atomic E-state index is 10.8. The van der Waals surface area contributed by atoms with Crippen LogP contribution < -0.4 is 0 Å². The Bertz CT molecular complexity index is 182. The summed E-state index contributed by atoms with van der Waals surface area (Å²) >= 11 is 0. The van der Waals surface area contributed by atoms with Gasteiger partial charge in [0.05, 0.1) is 6.10 Å². The summed E-state index contributed by atoms with van der Waals surface area (Å²) in [7, 11) is 0. The van der Waals surface area contributed by atoms with E-state index in [1.807, 2.05) is 0 Å². The van der Waals surface area contributed by atoms with Crippen LogP contribution >= 0.6 is 0 Å². The highest BCUT2D eigenvalue weighted by Crippen LogP contribution is 2.16. The van der Waals surface area contributed by atoms with E-state index in [-0.39, 0.29) is 11.9 Å². The largest absolute Gasteiger partial charge is 0.392 e. The second-order valence-electron chi connectivity index (χ2n) is 4.03. The molecule has 1 saturated heterocycles. The first-order chi connectivity index (χ1) is 6.09. The van der Waals surface area contributed by atoms with Crippen LogP contribution in [0.15, 0.2) is 0 Å². The molecule has 76 valence electrons. The zero-order valence-electron chi connectivity index (χ0n) is 8.49. The summed E-state index contributed by atoms with van der Waals surface area (Å²) in [6, 6.07) is 0.516. The number of carbonyl (C=O) groups is 1. The molecule has 0 spiro atoms. The summed E-state index contributed by atoms with van der Waals surface area (Å²) in [5.74, 6) is 0.229. The van der Waals surface area contributed by atoms with Gasteiger partial charge in [-0.3, -0.25) is 9.69 Å². The number of hydrogen-bond acceptors (Lipinski definition) is 3. The third-order valence-corrected chi connectivity index (χ3v) is 2.74. The van der Waals surface area contributed by atoms with E-state index in [0.29, 0.717) is 12.5 Å². The van der Waals surface area contributed by atoms with E-state index in [9.17, 15) is 9.90 Å². The molecule has 3 nitrogen and oxygen atoms in total. The molecule has 0 unspecified atom stereocenters. The van der Waals surface area contributed by atoms with Crippen molar-refractivity contribution in [2.45, 2.75) is 45.3 Å². The van der Waals surface area contributed by atoms with E-state index in [1.54, 1.807) is 6.92 Å². The number of ketones is 1. The topological polar surface area (TPSA) is 40.5 Å². The van der Waals surface area contributed by atoms with Crippen LogP contribution in [-0.4, -0.2) is 41.0 Å². The Kier molecular flexibility index (Phi) is 3.88. The number of likely N-dealkylation sites (tertiary alicyclic amines) is 1. The Hall–Kier alpha value is -0.410. The lowest BCUT2D eigenvalue weighted by Gasteiger charge is -2.35. The average molecular weight is 185 g/mol. The molecule has 0 aromatic rings. The van der Waals surface area contributed by atoms with Gasteiger partial charge >= 0.3 is 0 Å². The SMILES string of the molecule is CC(=O)CCN1C[C@@H](O)CC[C@@H]1C. The highest BCUT2D eigenvalue weighted by molar-refractivity contribution is 5.75. The van der Waals surface area contributed by atoms with E-state index in [4.69, 9.17) is 0 Å². The molecule has 1 fully saturated rings. The Morgan fingerprint density at radius 1 is 1.54 bits per heavy atom. The van der Waals surface area contributed by atoms with E-state index in [0.717, 1.165) is 25.9 Å². The van der Waals surface area contributed by atoms with Gasteiger partial charge in [-0.1, -0.05) is 0 Å². The van der Waals surface area contributed by atoms with Crippen molar-refractivity contribution in [1.82, 2.24) is 4.90 Å². The van der Waals surface area contributed by atoms with Crippen LogP contribution in [0.4, 0.5) is 0 Å². The molecule has 0 amide bonds. The van der Waals surface area contributed by atoms with Gasteiger partial charge in [0, 0.05) is 25.6 Å². The predicted octanol–water partition coefficient (Wildman–Crippen LogP) is 0.811. The zero-order valence-corrected chi connectivity index (χ0v) is 8.49. The Labute approximate surface area is 79.7 Å². The van der Waals surface area contributed by atoms with Gasteiger partial charge in [0.1, 0.15) is 5.78 Å². The van der Waals surface area contributed by atoms with Gasteiger partial charge in [0.15, 0.2) is 0 Å². The Morgan fingerprint density at radius 3 is 2.85 bits per heavy atom. The van der Waals surface area contributed by atoms with Crippen LogP contribution in [0.1, 0.15) is 33.1 Å². The van der Waals surface area contributed by atoms with Gasteiger partial charge in [0.2, 0.25) is 0 Å². The smallest absolute Gasteiger partial charge is 0.131 e. The maximum atomic E-state index is 10.8. The summed E-state index contributed by atoms with van der Waals surface area (Å²) in [6.07, 6.45) is 2.36. The van der Waals surface area contributed by atoms with E-state index >= 15 is 0 Å². The van der Waals surface area contributed by atoms with Crippen molar-refractivity contribution in [2.75, 3.05) is 13.1 Å². The van der Waals surface area contributed by atoms with Crippen molar-refractivity contribution in [1.29, 1.82) is 0 Å². The molecule has 0 radical (unpaired) electrons. The molecule has 13 heavy (non-hydrogen) atoms. The average Bonchev–Trinajstić information content (AvgIpc) is 2.06. The number of rotatable bonds is 3. The summed E-state index contributed by atoms with van der Waals surface area (Å²) in [4.78, 5) is 13.0. The molecule has 0 saturated carbocycles. The second-order valence-corrected chi connectivity index (χ2v) is 4.03. The molecule has 1 N–H and O–H groups in total. The number of carbonyl (C=O) groups excluding carboxylic acids is 1. The molecular formula is C10H19NO2. The first-order valence-electron chi connectivity index (χ1n) is 5.01. The fourth-order valence-corrected chi connectivity index (χ4v) is 1.77. The third-order valence-electron chi connectivity index (χ3n) is 2.74.